The third kappa shape index (κ3) is 5.94. The lowest BCUT2D eigenvalue weighted by Gasteiger charge is -2.14. The van der Waals surface area contributed by atoms with Crippen LogP contribution in [0.25, 0.3) is 44.7 Å². The fourth-order valence-corrected chi connectivity index (χ4v) is 6.14. The molecule has 0 amide bonds. The topological polar surface area (TPSA) is 70.2 Å². The number of fused-ring (bicyclic) bond motifs is 2. The molecule has 0 saturated carbocycles. The van der Waals surface area contributed by atoms with Crippen molar-refractivity contribution in [3.05, 3.63) is 137 Å². The normalized spacial score (nSPS) is 11.4. The number of benzene rings is 5. The van der Waals surface area contributed by atoms with Gasteiger partial charge in [0.05, 0.1) is 11.0 Å². The van der Waals surface area contributed by atoms with Crippen molar-refractivity contribution >= 4 is 28.1 Å². The number of hydrogen-bond donors (Lipinski definition) is 0. The quantitative estimate of drug-likeness (QED) is 0.121. The van der Waals surface area contributed by atoms with Crippen molar-refractivity contribution in [2.45, 2.75) is 46.6 Å². The Kier molecular flexibility index (Phi) is 7.93. The van der Waals surface area contributed by atoms with E-state index in [0.717, 1.165) is 75.0 Å². The molecule has 5 aromatic carbocycles. The minimum absolute atomic E-state index is 0.347. The molecule has 0 saturated heterocycles. The van der Waals surface area contributed by atoms with Crippen molar-refractivity contribution < 1.29 is 13.9 Å². The molecule has 0 aliphatic rings. The van der Waals surface area contributed by atoms with Gasteiger partial charge in [0, 0.05) is 31.0 Å². The Morgan fingerprint density at radius 3 is 2.33 bits per heavy atom. The van der Waals surface area contributed by atoms with Crippen LogP contribution < -0.4 is 4.74 Å². The van der Waals surface area contributed by atoms with E-state index in [4.69, 9.17) is 19.1 Å². The summed E-state index contributed by atoms with van der Waals surface area (Å²) in [5.74, 6) is 1.81. The van der Waals surface area contributed by atoms with E-state index in [1.54, 1.807) is 0 Å². The van der Waals surface area contributed by atoms with Gasteiger partial charge in [0.15, 0.2) is 5.58 Å². The van der Waals surface area contributed by atoms with Crippen molar-refractivity contribution in [3.8, 4) is 28.3 Å². The molecule has 6 heteroatoms. The number of nitrogens with zero attached hydrogens (tertiary/aromatic N) is 3. The van der Waals surface area contributed by atoms with Gasteiger partial charge in [0.25, 0.3) is 0 Å². The highest BCUT2D eigenvalue weighted by molar-refractivity contribution is 5.86. The summed E-state index contributed by atoms with van der Waals surface area (Å²) in [6.45, 7) is 6.27. The predicted octanol–water partition coefficient (Wildman–Crippen LogP) is 9.34. The Labute approximate surface area is 268 Å². The average Bonchev–Trinajstić information content (AvgIpc) is 3.63. The fraction of sp³-hybridized carbons (Fsp3) is 0.175. The van der Waals surface area contributed by atoms with E-state index < -0.39 is 0 Å². The second-order valence-corrected chi connectivity index (χ2v) is 11.8. The molecule has 0 radical (unpaired) electrons. The number of imidazole rings is 1. The Hall–Kier alpha value is -5.49. The molecule has 228 valence electrons. The minimum atomic E-state index is -0.347. The summed E-state index contributed by atoms with van der Waals surface area (Å²) in [4.78, 5) is 22.1. The summed E-state index contributed by atoms with van der Waals surface area (Å²) in [7, 11) is 0. The van der Waals surface area contributed by atoms with Crippen LogP contribution in [0, 0.1) is 6.92 Å². The zero-order valence-electron chi connectivity index (χ0n) is 26.3. The maximum atomic E-state index is 12.1. The third-order valence-electron chi connectivity index (χ3n) is 8.27. The lowest BCUT2D eigenvalue weighted by Crippen LogP contribution is -2.07. The highest BCUT2D eigenvalue weighted by Crippen LogP contribution is 2.34. The van der Waals surface area contributed by atoms with Crippen LogP contribution in [0.15, 0.2) is 114 Å². The second-order valence-electron chi connectivity index (χ2n) is 11.8. The van der Waals surface area contributed by atoms with E-state index in [2.05, 4.69) is 73.0 Å². The maximum absolute atomic E-state index is 12.1. The molecule has 7 aromatic rings. The standard InChI is InChI=1S/C40H35N3O3/c1-4-11-38-42-39-26(2)20-32(40-41-34-22-29(17-19-36(34)46-40)21-28-12-7-5-8-13-28)24-35(39)43(38)25-30-16-18-33(31-14-9-6-10-15-31)37(23-30)45-27(3)44/h5-10,12-20,22-24H,4,11,21,25H2,1-3H3. The molecule has 0 atom stereocenters. The number of aromatic nitrogens is 3. The van der Waals surface area contributed by atoms with Gasteiger partial charge < -0.3 is 13.7 Å². The van der Waals surface area contributed by atoms with E-state index in [-0.39, 0.29) is 5.97 Å². The Bertz CT molecular complexity index is 2180. The molecular formula is C40H35N3O3. The first-order valence-electron chi connectivity index (χ1n) is 15.8. The highest BCUT2D eigenvalue weighted by Gasteiger charge is 2.18. The van der Waals surface area contributed by atoms with Crippen LogP contribution in [0.1, 0.15) is 48.3 Å². The Morgan fingerprint density at radius 1 is 0.804 bits per heavy atom. The zero-order chi connectivity index (χ0) is 31.6. The van der Waals surface area contributed by atoms with Crippen molar-refractivity contribution in [1.29, 1.82) is 0 Å². The molecule has 2 aromatic heterocycles. The average molecular weight is 606 g/mol. The van der Waals surface area contributed by atoms with E-state index >= 15 is 0 Å². The number of oxazole rings is 1. The molecule has 0 N–H and O–H groups in total. The molecule has 0 aliphatic carbocycles. The van der Waals surface area contributed by atoms with Gasteiger partial charge in [-0.05, 0) is 77.9 Å². The molecule has 6 nitrogen and oxygen atoms in total. The number of aryl methyl sites for hydroxylation is 2. The highest BCUT2D eigenvalue weighted by atomic mass is 16.5. The number of carbonyl (C=O) groups excluding carboxylic acids is 1. The number of rotatable bonds is 9. The molecule has 46 heavy (non-hydrogen) atoms. The van der Waals surface area contributed by atoms with E-state index in [9.17, 15) is 4.79 Å². The summed E-state index contributed by atoms with van der Waals surface area (Å²) in [6.07, 6.45) is 2.65. The van der Waals surface area contributed by atoms with Crippen LogP contribution >= 0.6 is 0 Å². The minimum Gasteiger partial charge on any atom is -0.436 e. The molecule has 0 unspecified atom stereocenters. The van der Waals surface area contributed by atoms with E-state index in [0.29, 0.717) is 18.2 Å². The first-order valence-corrected chi connectivity index (χ1v) is 15.8. The summed E-state index contributed by atoms with van der Waals surface area (Å²) in [5.41, 5.74) is 10.9. The van der Waals surface area contributed by atoms with Gasteiger partial charge in [-0.2, -0.15) is 0 Å². The van der Waals surface area contributed by atoms with Gasteiger partial charge in [-0.25, -0.2) is 9.97 Å². The van der Waals surface area contributed by atoms with Crippen molar-refractivity contribution in [3.63, 3.8) is 0 Å². The van der Waals surface area contributed by atoms with Crippen molar-refractivity contribution in [2.24, 2.45) is 0 Å². The molecule has 7 rings (SSSR count). The first-order chi connectivity index (χ1) is 22.4. The van der Waals surface area contributed by atoms with E-state index in [1.807, 2.05) is 54.6 Å². The van der Waals surface area contributed by atoms with Gasteiger partial charge in [0.2, 0.25) is 5.89 Å². The van der Waals surface area contributed by atoms with Gasteiger partial charge in [-0.15, -0.1) is 0 Å². The van der Waals surface area contributed by atoms with Crippen LogP contribution in [0.2, 0.25) is 0 Å². The lowest BCUT2D eigenvalue weighted by atomic mass is 10.0. The molecule has 0 bridgehead atoms. The predicted molar refractivity (Wildman–Crippen MR) is 183 cm³/mol. The monoisotopic (exact) mass is 605 g/mol. The first kappa shape index (κ1) is 29.2. The largest absolute Gasteiger partial charge is 0.436 e. The molecule has 0 fully saturated rings. The fourth-order valence-electron chi connectivity index (χ4n) is 6.14. The summed E-state index contributed by atoms with van der Waals surface area (Å²) >= 11 is 0. The molecular weight excluding hydrogens is 570 g/mol. The smallest absolute Gasteiger partial charge is 0.308 e. The van der Waals surface area contributed by atoms with Gasteiger partial charge in [-0.1, -0.05) is 85.8 Å². The van der Waals surface area contributed by atoms with Crippen LogP contribution in [-0.4, -0.2) is 20.5 Å². The number of esters is 1. The number of hydrogen-bond acceptors (Lipinski definition) is 5. The SMILES string of the molecule is CCCc1nc2c(C)cc(-c3nc4cc(Cc5ccccc5)ccc4o3)cc2n1Cc1ccc(-c2ccccc2)c(OC(C)=O)c1. The van der Waals surface area contributed by atoms with Gasteiger partial charge in [0.1, 0.15) is 17.1 Å². The number of carbonyl (C=O) groups is 1. The van der Waals surface area contributed by atoms with Crippen LogP contribution in [-0.2, 0) is 24.2 Å². The van der Waals surface area contributed by atoms with Crippen LogP contribution in [0.5, 0.6) is 5.75 Å². The van der Waals surface area contributed by atoms with Crippen molar-refractivity contribution in [2.75, 3.05) is 0 Å². The second kappa shape index (κ2) is 12.5. The van der Waals surface area contributed by atoms with Gasteiger partial charge >= 0.3 is 5.97 Å². The third-order valence-corrected chi connectivity index (χ3v) is 8.27. The molecule has 0 aliphatic heterocycles. The zero-order valence-corrected chi connectivity index (χ0v) is 26.3. The van der Waals surface area contributed by atoms with Crippen LogP contribution in [0.3, 0.4) is 0 Å². The molecule has 2 heterocycles. The van der Waals surface area contributed by atoms with Crippen LogP contribution in [0.4, 0.5) is 0 Å². The van der Waals surface area contributed by atoms with Gasteiger partial charge in [-0.3, -0.25) is 4.79 Å². The molecule has 0 spiro atoms. The Morgan fingerprint density at radius 2 is 1.57 bits per heavy atom. The summed E-state index contributed by atoms with van der Waals surface area (Å²) in [6, 6.07) is 37.0. The summed E-state index contributed by atoms with van der Waals surface area (Å²) < 4.78 is 14.3. The lowest BCUT2D eigenvalue weighted by molar-refractivity contribution is -0.131. The maximum Gasteiger partial charge on any atom is 0.308 e. The number of ether oxygens (including phenoxy) is 1. The summed E-state index contributed by atoms with van der Waals surface area (Å²) in [5, 5.41) is 0. The van der Waals surface area contributed by atoms with E-state index in [1.165, 1.54) is 18.1 Å². The Balaban J connectivity index is 1.27. The van der Waals surface area contributed by atoms with Crippen molar-refractivity contribution in [1.82, 2.24) is 14.5 Å².